The molecule has 0 spiro atoms. The summed E-state index contributed by atoms with van der Waals surface area (Å²) in [6.07, 6.45) is -15.6. The van der Waals surface area contributed by atoms with E-state index in [1.807, 2.05) is 4.98 Å². The predicted octanol–water partition coefficient (Wildman–Crippen LogP) is -4.00. The maximum Gasteiger partial charge on any atom is 0.481 e. The molecule has 2 aliphatic heterocycles. The van der Waals surface area contributed by atoms with Crippen LogP contribution in [0.15, 0.2) is 27.0 Å². The summed E-state index contributed by atoms with van der Waals surface area (Å²) >= 11 is 4.66. The minimum absolute atomic E-state index is 0.745. The van der Waals surface area contributed by atoms with Crippen LogP contribution in [0.1, 0.15) is 6.23 Å². The maximum atomic E-state index is 12.5. The van der Waals surface area contributed by atoms with Crippen molar-refractivity contribution in [3.63, 3.8) is 0 Å². The van der Waals surface area contributed by atoms with Crippen LogP contribution < -0.4 is 11.2 Å². The van der Waals surface area contributed by atoms with Gasteiger partial charge in [-0.05, 0) is 17.3 Å². The fourth-order valence-electron chi connectivity index (χ4n) is 3.76. The van der Waals surface area contributed by atoms with Crippen LogP contribution in [-0.4, -0.2) is 118 Å². The van der Waals surface area contributed by atoms with Crippen LogP contribution in [-0.2, 0) is 39.2 Å². The van der Waals surface area contributed by atoms with Crippen molar-refractivity contribution in [3.05, 3.63) is 43.5 Å². The third-order valence-corrected chi connectivity index (χ3v) is 9.18. The highest BCUT2D eigenvalue weighted by Gasteiger charge is 2.50. The number of rotatable bonds is 11. The highest BCUT2D eigenvalue weighted by Crippen LogP contribution is 2.61. The number of hydrogen-bond donors (Lipinski definition) is 9. The van der Waals surface area contributed by atoms with E-state index in [9.17, 15) is 49.5 Å². The average Bonchev–Trinajstić information content (AvgIpc) is 3.17. The number of nitrogens with zero attached hydrogens (tertiary/aromatic N) is 4. The molecule has 9 N–H and O–H groups in total. The Hall–Kier alpha value is -1.65. The minimum Gasteiger partial charge on any atom is -0.394 e. The number of aromatic amines is 1. The minimum atomic E-state index is -5.50. The van der Waals surface area contributed by atoms with Gasteiger partial charge in [-0.1, -0.05) is 5.11 Å². The van der Waals surface area contributed by atoms with E-state index in [1.54, 1.807) is 0 Å². The van der Waals surface area contributed by atoms with Crippen LogP contribution in [0.2, 0.25) is 0 Å². The van der Waals surface area contributed by atoms with Gasteiger partial charge in [0.15, 0.2) is 6.29 Å². The molecule has 0 amide bonds. The molecule has 24 heteroatoms. The molecule has 8 unspecified atom stereocenters. The van der Waals surface area contributed by atoms with Crippen LogP contribution in [0.4, 0.5) is 0 Å². The molecular weight excluding hydrogens is 612 g/mol. The molecule has 3 rings (SSSR count). The van der Waals surface area contributed by atoms with Crippen molar-refractivity contribution in [2.75, 3.05) is 13.2 Å². The van der Waals surface area contributed by atoms with Gasteiger partial charge >= 0.3 is 20.2 Å². The fourth-order valence-corrected chi connectivity index (χ4v) is 6.86. The zero-order valence-corrected chi connectivity index (χ0v) is 22.4. The monoisotopic (exact) mass is 637 g/mol. The second kappa shape index (κ2) is 13.1. The Bertz CT molecular complexity index is 1310. The topological polar surface area (TPSA) is 329 Å². The summed E-state index contributed by atoms with van der Waals surface area (Å²) in [6.45, 7) is -6.58. The normalized spacial score (nSPS) is 36.2. The lowest BCUT2D eigenvalue weighted by Gasteiger charge is -2.41. The highest BCUT2D eigenvalue weighted by molar-refractivity contribution is 8.08. The zero-order valence-electron chi connectivity index (χ0n) is 19.8. The first-order chi connectivity index (χ1) is 18.6. The van der Waals surface area contributed by atoms with Crippen LogP contribution in [0.3, 0.4) is 0 Å². The van der Waals surface area contributed by atoms with E-state index in [0.717, 1.165) is 16.8 Å². The third kappa shape index (κ3) is 7.59. The van der Waals surface area contributed by atoms with E-state index in [4.69, 9.17) is 24.6 Å². The summed E-state index contributed by atoms with van der Waals surface area (Å²) in [5, 5.41) is 62.5. The van der Waals surface area contributed by atoms with Crippen molar-refractivity contribution >= 4 is 26.3 Å². The number of azide groups is 1. The summed E-state index contributed by atoms with van der Waals surface area (Å²) in [5.74, 6) is 0. The van der Waals surface area contributed by atoms with E-state index < -0.39 is 100 Å². The molecule has 2 aliphatic rings. The molecular formula is C16H25N5O16P2S. The molecule has 0 aromatic carbocycles. The van der Waals surface area contributed by atoms with Gasteiger partial charge in [0.2, 0.25) is 0 Å². The van der Waals surface area contributed by atoms with Gasteiger partial charge in [0, 0.05) is 17.2 Å². The first kappa shape index (κ1) is 32.9. The van der Waals surface area contributed by atoms with Gasteiger partial charge in [0.25, 0.3) is 5.56 Å². The summed E-state index contributed by atoms with van der Waals surface area (Å²) < 4.78 is 37.6. The van der Waals surface area contributed by atoms with E-state index >= 15 is 0 Å². The van der Waals surface area contributed by atoms with Crippen molar-refractivity contribution in [2.45, 2.75) is 61.3 Å². The van der Waals surface area contributed by atoms with Crippen molar-refractivity contribution in [1.82, 2.24) is 9.55 Å². The van der Waals surface area contributed by atoms with Crippen LogP contribution in [0.25, 0.3) is 10.4 Å². The Labute approximate surface area is 227 Å². The molecule has 0 aliphatic carbocycles. The van der Waals surface area contributed by atoms with Gasteiger partial charge < -0.3 is 54.4 Å². The van der Waals surface area contributed by atoms with Crippen molar-refractivity contribution in [1.29, 1.82) is 0 Å². The summed E-state index contributed by atoms with van der Waals surface area (Å²) in [4.78, 5) is 48.3. The third-order valence-electron chi connectivity index (χ3n) is 5.67. The Morgan fingerprint density at radius 3 is 2.45 bits per heavy atom. The first-order valence-electron chi connectivity index (χ1n) is 11.0. The molecule has 226 valence electrons. The van der Waals surface area contributed by atoms with E-state index in [-0.39, 0.29) is 0 Å². The molecule has 0 bridgehead atoms. The Morgan fingerprint density at radius 2 is 1.85 bits per heavy atom. The SMILES string of the molecule is [N-]=[N+]=NC1[C@H](n2ccc(=O)[nH]c2=O)O[C@H](COP(O)(=S)OP(=O)(O)OC2OC([C@@H](O)CO)C(O)C(O)C2O)[C@H]1O. The number of phosphoric acid groups is 1. The van der Waals surface area contributed by atoms with Gasteiger partial charge in [0.1, 0.15) is 48.9 Å². The van der Waals surface area contributed by atoms with Gasteiger partial charge in [-0.15, -0.1) is 0 Å². The summed E-state index contributed by atoms with van der Waals surface area (Å²) in [7, 11) is -5.50. The fraction of sp³-hybridized carbons (Fsp3) is 0.750. The van der Waals surface area contributed by atoms with Gasteiger partial charge in [-0.3, -0.25) is 18.9 Å². The number of aromatic nitrogens is 2. The van der Waals surface area contributed by atoms with Crippen molar-refractivity contribution in [2.24, 2.45) is 5.11 Å². The van der Waals surface area contributed by atoms with E-state index in [2.05, 4.69) is 30.7 Å². The lowest BCUT2D eigenvalue weighted by atomic mass is 9.96. The first-order valence-corrected chi connectivity index (χ1v) is 15.1. The lowest BCUT2D eigenvalue weighted by molar-refractivity contribution is -0.292. The Kier molecular flexibility index (Phi) is 10.8. The molecule has 2 saturated heterocycles. The molecule has 1 aromatic heterocycles. The molecule has 21 nitrogen and oxygen atoms in total. The van der Waals surface area contributed by atoms with E-state index in [0.29, 0.717) is 0 Å². The smallest absolute Gasteiger partial charge is 0.394 e. The Balaban J connectivity index is 1.68. The van der Waals surface area contributed by atoms with Crippen molar-refractivity contribution < 1.29 is 67.8 Å². The molecule has 12 atom stereocenters. The molecule has 3 heterocycles. The number of ether oxygens (including phenoxy) is 2. The highest BCUT2D eigenvalue weighted by atomic mass is 32.5. The number of phosphoric ester groups is 1. The predicted molar refractivity (Wildman–Crippen MR) is 128 cm³/mol. The number of aliphatic hydroxyl groups excluding tert-OH is 6. The van der Waals surface area contributed by atoms with Gasteiger partial charge in [0.05, 0.1) is 19.3 Å². The van der Waals surface area contributed by atoms with Gasteiger partial charge in [-0.25, -0.2) is 13.7 Å². The average molecular weight is 637 g/mol. The number of hydrogen-bond acceptors (Lipinski definition) is 16. The van der Waals surface area contributed by atoms with Crippen LogP contribution >= 0.6 is 14.5 Å². The van der Waals surface area contributed by atoms with E-state index in [1.165, 1.54) is 0 Å². The quantitative estimate of drug-likeness (QED) is 0.0483. The van der Waals surface area contributed by atoms with Crippen LogP contribution in [0.5, 0.6) is 0 Å². The second-order valence-electron chi connectivity index (χ2n) is 8.38. The molecule has 0 saturated carbocycles. The maximum absolute atomic E-state index is 12.5. The summed E-state index contributed by atoms with van der Waals surface area (Å²) in [6, 6.07) is -0.492. The standard InChI is InChI=1S/C16H25N5O16P2S/c17-20-19-8-9(25)6(34-14(8)21-2-1-7(24)18-16(21)29)4-33-39(32,40)37-38(30,31)36-15-12(28)10(26)11(27)13(35-15)5(23)3-22/h1-2,5-6,8-15,22-23,25-28H,3-4H2,(H,30,31)(H,32,40)(H,18,24,29)/t5-,6+,8?,9+,10?,11?,12?,13?,14+,15?,39?/m0/s1. The summed E-state index contributed by atoms with van der Waals surface area (Å²) in [5.41, 5.74) is 7.11. The number of aliphatic hydroxyl groups is 6. The molecule has 1 aromatic rings. The number of nitrogens with one attached hydrogen (secondary N) is 1. The second-order valence-corrected chi connectivity index (χ2v) is 12.8. The molecule has 2 fully saturated rings. The molecule has 40 heavy (non-hydrogen) atoms. The van der Waals surface area contributed by atoms with Crippen LogP contribution in [0, 0.1) is 0 Å². The number of H-pyrrole nitrogens is 1. The van der Waals surface area contributed by atoms with Crippen molar-refractivity contribution in [3.8, 4) is 0 Å². The Morgan fingerprint density at radius 1 is 1.18 bits per heavy atom. The molecule has 0 radical (unpaired) electrons. The lowest BCUT2D eigenvalue weighted by Crippen LogP contribution is -2.61. The largest absolute Gasteiger partial charge is 0.481 e. The zero-order chi connectivity index (χ0) is 30.0. The van der Waals surface area contributed by atoms with Gasteiger partial charge in [-0.2, -0.15) is 0 Å².